The third-order valence-corrected chi connectivity index (χ3v) is 12.4. The van der Waals surface area contributed by atoms with E-state index in [-0.39, 0.29) is 89.7 Å². The van der Waals surface area contributed by atoms with E-state index in [0.717, 1.165) is 57.8 Å². The third kappa shape index (κ3) is 7.28. The standard InChI is InChI=1S/C35H56O9/c1-20(9-8-10-25(18-41-21(2)36)19-42-22(3)37)28-11-12-29-33-30(17-32(40)35(28,29)7)34(6)14-13-27(43-23(4)38)15-26(34)16-31(33)44-24(5)39/h20,25-33,40H,8-19H2,1-7H3/t20?,26-,27+,28+,29-,30-,31+,32-,33-,34?,35?/m0/s1. The second-order valence-corrected chi connectivity index (χ2v) is 15.1. The van der Waals surface area contributed by atoms with Crippen molar-refractivity contribution >= 4 is 23.9 Å². The Hall–Kier alpha value is -2.16. The molecule has 4 fully saturated rings. The quantitative estimate of drug-likeness (QED) is 0.231. The molecule has 0 aromatic heterocycles. The molecule has 1 N–H and O–H groups in total. The van der Waals surface area contributed by atoms with Gasteiger partial charge >= 0.3 is 23.9 Å². The summed E-state index contributed by atoms with van der Waals surface area (Å²) in [5, 5.41) is 12.0. The number of rotatable bonds is 11. The lowest BCUT2D eigenvalue weighted by Crippen LogP contribution is -2.63. The number of esters is 4. The van der Waals surface area contributed by atoms with Gasteiger partial charge < -0.3 is 24.1 Å². The van der Waals surface area contributed by atoms with E-state index in [1.165, 1.54) is 27.7 Å². The minimum absolute atomic E-state index is 0.00285. The van der Waals surface area contributed by atoms with Crippen LogP contribution in [0.25, 0.3) is 0 Å². The van der Waals surface area contributed by atoms with Gasteiger partial charge in [-0.15, -0.1) is 0 Å². The lowest BCUT2D eigenvalue weighted by atomic mass is 9.43. The summed E-state index contributed by atoms with van der Waals surface area (Å²) >= 11 is 0. The van der Waals surface area contributed by atoms with E-state index in [1.807, 2.05) is 0 Å². The number of fused-ring (bicyclic) bond motifs is 5. The molecule has 0 spiro atoms. The minimum atomic E-state index is -0.441. The molecule has 0 aromatic carbocycles. The fourth-order valence-electron chi connectivity index (χ4n) is 10.4. The molecule has 9 heteroatoms. The molecule has 0 bridgehead atoms. The van der Waals surface area contributed by atoms with Gasteiger partial charge in [-0.2, -0.15) is 0 Å². The average Bonchev–Trinajstić information content (AvgIpc) is 3.28. The van der Waals surface area contributed by atoms with E-state index in [0.29, 0.717) is 18.3 Å². The summed E-state index contributed by atoms with van der Waals surface area (Å²) in [5.74, 6) is 0.469. The topological polar surface area (TPSA) is 125 Å². The molecule has 4 aliphatic carbocycles. The molecule has 0 aliphatic heterocycles. The molecular weight excluding hydrogens is 564 g/mol. The summed E-state index contributed by atoms with van der Waals surface area (Å²) in [6.45, 7) is 13.2. The van der Waals surface area contributed by atoms with Gasteiger partial charge in [-0.25, -0.2) is 0 Å². The summed E-state index contributed by atoms with van der Waals surface area (Å²) < 4.78 is 22.2. The molecule has 250 valence electrons. The number of aliphatic hydroxyl groups is 1. The Bertz CT molecular complexity index is 1040. The van der Waals surface area contributed by atoms with Gasteiger partial charge in [0.1, 0.15) is 12.2 Å². The first-order chi connectivity index (χ1) is 20.7. The van der Waals surface area contributed by atoms with Gasteiger partial charge in [0.05, 0.1) is 19.3 Å². The average molecular weight is 621 g/mol. The van der Waals surface area contributed by atoms with Gasteiger partial charge in [-0.1, -0.05) is 33.6 Å². The molecule has 4 aliphatic rings. The van der Waals surface area contributed by atoms with Gasteiger partial charge in [0, 0.05) is 39.5 Å². The zero-order chi connectivity index (χ0) is 32.4. The van der Waals surface area contributed by atoms with Crippen LogP contribution in [-0.4, -0.2) is 60.5 Å². The summed E-state index contributed by atoms with van der Waals surface area (Å²) in [6.07, 6.45) is 8.03. The number of hydrogen-bond acceptors (Lipinski definition) is 9. The Balaban J connectivity index is 1.48. The molecule has 0 aromatic rings. The predicted molar refractivity (Wildman–Crippen MR) is 163 cm³/mol. The number of aliphatic hydroxyl groups excluding tert-OH is 1. The Labute approximate surface area is 263 Å². The van der Waals surface area contributed by atoms with Gasteiger partial charge in [-0.05, 0) is 91.8 Å². The van der Waals surface area contributed by atoms with E-state index in [9.17, 15) is 24.3 Å². The smallest absolute Gasteiger partial charge is 0.302 e. The summed E-state index contributed by atoms with van der Waals surface area (Å²) in [4.78, 5) is 46.9. The maximum Gasteiger partial charge on any atom is 0.302 e. The fourth-order valence-corrected chi connectivity index (χ4v) is 10.4. The van der Waals surface area contributed by atoms with Crippen molar-refractivity contribution in [2.75, 3.05) is 13.2 Å². The lowest BCUT2D eigenvalue weighted by molar-refractivity contribution is -0.218. The zero-order valence-corrected chi connectivity index (χ0v) is 28.0. The van der Waals surface area contributed by atoms with Crippen molar-refractivity contribution in [3.63, 3.8) is 0 Å². The highest BCUT2D eigenvalue weighted by Crippen LogP contribution is 2.69. The molecule has 0 heterocycles. The third-order valence-electron chi connectivity index (χ3n) is 12.4. The maximum atomic E-state index is 12.4. The minimum Gasteiger partial charge on any atom is -0.465 e. The lowest BCUT2D eigenvalue weighted by Gasteiger charge is -2.64. The fraction of sp³-hybridized carbons (Fsp3) is 0.886. The SMILES string of the molecule is CC(=O)OCC(CCCC(C)[C@H]1CC[C@H]2[C@@H]3[C@H](OC(C)=O)C[C@@H]4C[C@H](OC(C)=O)CCC4(C)[C@H]3C[C@H](O)C12C)COC(C)=O. The van der Waals surface area contributed by atoms with Crippen LogP contribution in [0.2, 0.25) is 0 Å². The number of ether oxygens (including phenoxy) is 4. The normalized spacial score (nSPS) is 38.5. The zero-order valence-electron chi connectivity index (χ0n) is 28.0. The summed E-state index contributed by atoms with van der Waals surface area (Å²) in [5.41, 5.74) is -0.269. The molecule has 4 rings (SSSR count). The molecule has 0 radical (unpaired) electrons. The first kappa shape index (κ1) is 34.7. The van der Waals surface area contributed by atoms with Crippen molar-refractivity contribution in [1.29, 1.82) is 0 Å². The predicted octanol–water partition coefficient (Wildman–Crippen LogP) is 5.64. The van der Waals surface area contributed by atoms with Crippen molar-refractivity contribution in [2.24, 2.45) is 52.3 Å². The molecule has 4 saturated carbocycles. The second-order valence-electron chi connectivity index (χ2n) is 15.1. The van der Waals surface area contributed by atoms with Crippen LogP contribution >= 0.6 is 0 Å². The van der Waals surface area contributed by atoms with Gasteiger partial charge in [-0.3, -0.25) is 19.2 Å². The van der Waals surface area contributed by atoms with Gasteiger partial charge in [0.2, 0.25) is 0 Å². The Kier molecular flexibility index (Phi) is 11.1. The van der Waals surface area contributed by atoms with Gasteiger partial charge in [0.25, 0.3) is 0 Å². The van der Waals surface area contributed by atoms with Crippen LogP contribution in [0.1, 0.15) is 113 Å². The second kappa shape index (κ2) is 14.1. The molecule has 3 unspecified atom stereocenters. The monoisotopic (exact) mass is 620 g/mol. The molecule has 0 amide bonds. The van der Waals surface area contributed by atoms with E-state index < -0.39 is 6.10 Å². The number of hydrogen-bond donors (Lipinski definition) is 1. The van der Waals surface area contributed by atoms with Crippen LogP contribution in [0.5, 0.6) is 0 Å². The highest BCUT2D eigenvalue weighted by molar-refractivity contribution is 5.67. The van der Waals surface area contributed by atoms with Crippen LogP contribution in [0, 0.1) is 52.3 Å². The van der Waals surface area contributed by atoms with Crippen LogP contribution in [0.3, 0.4) is 0 Å². The van der Waals surface area contributed by atoms with Crippen molar-refractivity contribution in [2.45, 2.75) is 131 Å². The highest BCUT2D eigenvalue weighted by Gasteiger charge is 2.66. The van der Waals surface area contributed by atoms with Crippen molar-refractivity contribution in [3.8, 4) is 0 Å². The van der Waals surface area contributed by atoms with Crippen LogP contribution in [0.4, 0.5) is 0 Å². The maximum absolute atomic E-state index is 12.4. The molecule has 44 heavy (non-hydrogen) atoms. The van der Waals surface area contributed by atoms with Crippen LogP contribution in [-0.2, 0) is 38.1 Å². The molecule has 11 atom stereocenters. The largest absolute Gasteiger partial charge is 0.465 e. The molecular formula is C35H56O9. The molecule has 0 saturated heterocycles. The van der Waals surface area contributed by atoms with Crippen LogP contribution in [0.15, 0.2) is 0 Å². The summed E-state index contributed by atoms with van der Waals surface area (Å²) in [6, 6.07) is 0. The summed E-state index contributed by atoms with van der Waals surface area (Å²) in [7, 11) is 0. The highest BCUT2D eigenvalue weighted by atomic mass is 16.6. The van der Waals surface area contributed by atoms with E-state index in [4.69, 9.17) is 18.9 Å². The Morgan fingerprint density at radius 1 is 0.795 bits per heavy atom. The number of carbonyl (C=O) groups is 4. The Morgan fingerprint density at radius 3 is 2.02 bits per heavy atom. The molecule has 9 nitrogen and oxygen atoms in total. The van der Waals surface area contributed by atoms with Gasteiger partial charge in [0.15, 0.2) is 0 Å². The van der Waals surface area contributed by atoms with Crippen molar-refractivity contribution < 1.29 is 43.2 Å². The van der Waals surface area contributed by atoms with E-state index in [1.54, 1.807) is 0 Å². The first-order valence-electron chi connectivity index (χ1n) is 17.0. The first-order valence-corrected chi connectivity index (χ1v) is 17.0. The Morgan fingerprint density at radius 2 is 1.43 bits per heavy atom. The van der Waals surface area contributed by atoms with E-state index in [2.05, 4.69) is 20.8 Å². The van der Waals surface area contributed by atoms with Crippen molar-refractivity contribution in [3.05, 3.63) is 0 Å². The van der Waals surface area contributed by atoms with E-state index >= 15 is 0 Å². The van der Waals surface area contributed by atoms with Crippen molar-refractivity contribution in [1.82, 2.24) is 0 Å². The number of carbonyl (C=O) groups excluding carboxylic acids is 4. The van der Waals surface area contributed by atoms with Crippen LogP contribution < -0.4 is 0 Å².